The lowest BCUT2D eigenvalue weighted by atomic mass is 9.54. The van der Waals surface area contributed by atoms with E-state index in [1.54, 1.807) is 0 Å². The molecule has 3 saturated heterocycles. The zero-order valence-corrected chi connectivity index (χ0v) is 15.2. The standard InChI is InChI=1S/C21H24N2O3/c1-3-20-10-15(25-12(2)24)17-21(13-6-4-5-7-14(13)22-17)8-9-23(19(20)21)11-16-18(20)26-16/h4-7,16,18-19,22H,3,8-11H2,1-2H3. The van der Waals surface area contributed by atoms with Crippen molar-refractivity contribution >= 4 is 11.7 Å². The van der Waals surface area contributed by atoms with Crippen LogP contribution < -0.4 is 5.32 Å². The molecule has 5 nitrogen and oxygen atoms in total. The molecule has 5 aliphatic rings. The van der Waals surface area contributed by atoms with E-state index in [0.717, 1.165) is 43.8 Å². The molecule has 1 aromatic carbocycles. The third kappa shape index (κ3) is 1.58. The van der Waals surface area contributed by atoms with Crippen molar-refractivity contribution in [3.05, 3.63) is 41.3 Å². The summed E-state index contributed by atoms with van der Waals surface area (Å²) in [4.78, 5) is 14.6. The van der Waals surface area contributed by atoms with Crippen molar-refractivity contribution in [3.63, 3.8) is 0 Å². The lowest BCUT2D eigenvalue weighted by Crippen LogP contribution is -2.62. The number of para-hydroxylation sites is 1. The van der Waals surface area contributed by atoms with Gasteiger partial charge in [0, 0.05) is 37.0 Å². The molecule has 5 heteroatoms. The maximum atomic E-state index is 11.9. The molecule has 1 N–H and O–H groups in total. The highest BCUT2D eigenvalue weighted by molar-refractivity contribution is 5.74. The topological polar surface area (TPSA) is 54.1 Å². The van der Waals surface area contributed by atoms with Gasteiger partial charge in [-0.05, 0) is 31.0 Å². The molecule has 0 aromatic heterocycles. The predicted molar refractivity (Wildman–Crippen MR) is 96.5 cm³/mol. The molecular weight excluding hydrogens is 328 g/mol. The van der Waals surface area contributed by atoms with E-state index in [1.807, 2.05) is 0 Å². The summed E-state index contributed by atoms with van der Waals surface area (Å²) < 4.78 is 12.0. The second-order valence-electron chi connectivity index (χ2n) is 8.54. The van der Waals surface area contributed by atoms with Crippen molar-refractivity contribution in [3.8, 4) is 0 Å². The number of carbonyl (C=O) groups is 1. The van der Waals surface area contributed by atoms with Gasteiger partial charge < -0.3 is 14.8 Å². The van der Waals surface area contributed by atoms with Crippen LogP contribution in [-0.4, -0.2) is 42.2 Å². The number of carbonyl (C=O) groups excluding carboxylic acids is 1. The zero-order chi connectivity index (χ0) is 17.7. The van der Waals surface area contributed by atoms with Crippen molar-refractivity contribution in [2.75, 3.05) is 18.4 Å². The van der Waals surface area contributed by atoms with Gasteiger partial charge >= 0.3 is 5.97 Å². The molecule has 5 unspecified atom stereocenters. The minimum absolute atomic E-state index is 0.0207. The van der Waals surface area contributed by atoms with E-state index in [9.17, 15) is 4.79 Å². The van der Waals surface area contributed by atoms with Crippen LogP contribution in [0.15, 0.2) is 35.7 Å². The number of piperidine rings is 1. The van der Waals surface area contributed by atoms with E-state index in [0.29, 0.717) is 18.2 Å². The maximum Gasteiger partial charge on any atom is 0.307 e. The van der Waals surface area contributed by atoms with Gasteiger partial charge in [-0.2, -0.15) is 0 Å². The van der Waals surface area contributed by atoms with Crippen LogP contribution in [0.2, 0.25) is 0 Å². The van der Waals surface area contributed by atoms with Crippen molar-refractivity contribution in [2.24, 2.45) is 5.41 Å². The van der Waals surface area contributed by atoms with E-state index in [2.05, 4.69) is 41.4 Å². The quantitative estimate of drug-likeness (QED) is 0.655. The first kappa shape index (κ1) is 15.2. The summed E-state index contributed by atoms with van der Waals surface area (Å²) in [6, 6.07) is 9.03. The first-order valence-corrected chi connectivity index (χ1v) is 9.78. The molecule has 26 heavy (non-hydrogen) atoms. The number of nitrogens with one attached hydrogen (secondary N) is 1. The summed E-state index contributed by atoms with van der Waals surface area (Å²) in [5.41, 5.74) is 3.58. The van der Waals surface area contributed by atoms with Crippen LogP contribution >= 0.6 is 0 Å². The van der Waals surface area contributed by atoms with Crippen LogP contribution in [0.5, 0.6) is 0 Å². The first-order valence-electron chi connectivity index (χ1n) is 9.78. The molecular formula is C21H24N2O3. The lowest BCUT2D eigenvalue weighted by Gasteiger charge is -2.54. The molecule has 1 spiro atoms. The third-order valence-electron chi connectivity index (χ3n) is 7.54. The van der Waals surface area contributed by atoms with Gasteiger partial charge in [-0.1, -0.05) is 25.1 Å². The molecule has 0 radical (unpaired) electrons. The number of allylic oxidation sites excluding steroid dienone is 1. The number of hydrogen-bond acceptors (Lipinski definition) is 5. The van der Waals surface area contributed by atoms with Gasteiger partial charge in [-0.15, -0.1) is 0 Å². The monoisotopic (exact) mass is 352 g/mol. The maximum absolute atomic E-state index is 11.9. The van der Waals surface area contributed by atoms with Gasteiger partial charge in [0.1, 0.15) is 5.76 Å². The molecule has 4 aliphatic heterocycles. The number of benzene rings is 1. The summed E-state index contributed by atoms with van der Waals surface area (Å²) in [6.07, 6.45) is 3.54. The average molecular weight is 352 g/mol. The van der Waals surface area contributed by atoms with E-state index >= 15 is 0 Å². The van der Waals surface area contributed by atoms with Crippen molar-refractivity contribution in [1.29, 1.82) is 0 Å². The van der Waals surface area contributed by atoms with E-state index in [1.165, 1.54) is 18.2 Å². The molecule has 4 heterocycles. The van der Waals surface area contributed by atoms with Crippen molar-refractivity contribution in [2.45, 2.75) is 56.8 Å². The van der Waals surface area contributed by atoms with E-state index in [-0.39, 0.29) is 16.8 Å². The fourth-order valence-corrected chi connectivity index (χ4v) is 6.71. The van der Waals surface area contributed by atoms with Crippen LogP contribution in [0.3, 0.4) is 0 Å². The highest BCUT2D eigenvalue weighted by atomic mass is 16.6. The molecule has 3 fully saturated rings. The molecule has 0 saturated carbocycles. The number of hydrogen-bond donors (Lipinski definition) is 1. The van der Waals surface area contributed by atoms with Gasteiger partial charge in [-0.25, -0.2) is 0 Å². The minimum Gasteiger partial charge on any atom is -0.429 e. The molecule has 0 bridgehead atoms. The van der Waals surface area contributed by atoms with E-state index < -0.39 is 0 Å². The summed E-state index contributed by atoms with van der Waals surface area (Å²) >= 11 is 0. The molecule has 6 rings (SSSR count). The SMILES string of the molecule is CCC12CC(OC(C)=O)=C3Nc4ccccc4C34CCN(CC3OC31)C42. The van der Waals surface area contributed by atoms with Gasteiger partial charge in [0.2, 0.25) is 0 Å². The number of epoxide rings is 1. The normalized spacial score (nSPS) is 41.7. The Labute approximate surface area is 153 Å². The molecule has 1 aliphatic carbocycles. The Morgan fingerprint density at radius 3 is 3.08 bits per heavy atom. The Bertz CT molecular complexity index is 865. The van der Waals surface area contributed by atoms with Crippen LogP contribution in [0.25, 0.3) is 0 Å². The minimum atomic E-state index is -0.232. The van der Waals surface area contributed by atoms with Crippen LogP contribution in [-0.2, 0) is 19.7 Å². The molecule has 5 atom stereocenters. The number of fused-ring (bicyclic) bond motifs is 3. The van der Waals surface area contributed by atoms with Gasteiger partial charge in [0.25, 0.3) is 0 Å². The van der Waals surface area contributed by atoms with E-state index in [4.69, 9.17) is 9.47 Å². The number of ether oxygens (including phenoxy) is 2. The Morgan fingerprint density at radius 2 is 2.27 bits per heavy atom. The Morgan fingerprint density at radius 1 is 1.42 bits per heavy atom. The zero-order valence-electron chi connectivity index (χ0n) is 15.2. The van der Waals surface area contributed by atoms with Gasteiger partial charge in [0.05, 0.1) is 23.3 Å². The lowest BCUT2D eigenvalue weighted by molar-refractivity contribution is -0.138. The summed E-state index contributed by atoms with van der Waals surface area (Å²) in [6.45, 7) is 5.90. The average Bonchev–Trinajstić information content (AvgIpc) is 3.20. The largest absolute Gasteiger partial charge is 0.429 e. The number of rotatable bonds is 2. The number of esters is 1. The molecule has 136 valence electrons. The van der Waals surface area contributed by atoms with Gasteiger partial charge in [0.15, 0.2) is 0 Å². The summed E-state index contributed by atoms with van der Waals surface area (Å²) in [5, 5.41) is 3.65. The Hall–Kier alpha value is -1.85. The van der Waals surface area contributed by atoms with Crippen LogP contribution in [0.4, 0.5) is 5.69 Å². The second kappa shape index (κ2) is 4.70. The predicted octanol–water partition coefficient (Wildman–Crippen LogP) is 2.78. The number of anilines is 1. The first-order chi connectivity index (χ1) is 12.6. The smallest absolute Gasteiger partial charge is 0.307 e. The van der Waals surface area contributed by atoms with Crippen molar-refractivity contribution < 1.29 is 14.3 Å². The highest BCUT2D eigenvalue weighted by Gasteiger charge is 2.73. The fraction of sp³-hybridized carbons (Fsp3) is 0.571. The Balaban J connectivity index is 1.63. The molecule has 0 amide bonds. The fourth-order valence-electron chi connectivity index (χ4n) is 6.71. The molecule has 1 aromatic rings. The third-order valence-corrected chi connectivity index (χ3v) is 7.54. The van der Waals surface area contributed by atoms with Crippen LogP contribution in [0, 0.1) is 5.41 Å². The van der Waals surface area contributed by atoms with Gasteiger partial charge in [-0.3, -0.25) is 9.69 Å². The second-order valence-corrected chi connectivity index (χ2v) is 8.54. The summed E-state index contributed by atoms with van der Waals surface area (Å²) in [5.74, 6) is 0.605. The number of nitrogens with zero attached hydrogens (tertiary/aromatic N) is 1. The van der Waals surface area contributed by atoms with Crippen molar-refractivity contribution in [1.82, 2.24) is 4.90 Å². The summed E-state index contributed by atoms with van der Waals surface area (Å²) in [7, 11) is 0. The Kier molecular flexibility index (Phi) is 2.75. The van der Waals surface area contributed by atoms with Crippen LogP contribution in [0.1, 0.15) is 38.7 Å². The highest BCUT2D eigenvalue weighted by Crippen LogP contribution is 2.68.